The number of amides is 4. The van der Waals surface area contributed by atoms with Crippen molar-refractivity contribution in [2.75, 3.05) is 19.6 Å². The lowest BCUT2D eigenvalue weighted by molar-refractivity contribution is 0.161. The molecule has 6 nitrogen and oxygen atoms in total. The van der Waals surface area contributed by atoms with E-state index in [-0.39, 0.29) is 12.1 Å². The Kier molecular flexibility index (Phi) is 4.43. The van der Waals surface area contributed by atoms with Crippen LogP contribution in [0.1, 0.15) is 10.4 Å². The zero-order valence-electron chi connectivity index (χ0n) is 12.0. The molecule has 0 radical (unpaired) electrons. The van der Waals surface area contributed by atoms with Gasteiger partial charge in [-0.3, -0.25) is 0 Å². The van der Waals surface area contributed by atoms with Crippen LogP contribution in [0.5, 0.6) is 0 Å². The molecule has 2 aromatic rings. The maximum Gasteiger partial charge on any atom is 0.328 e. The smallest absolute Gasteiger partial charge is 0.328 e. The van der Waals surface area contributed by atoms with Crippen molar-refractivity contribution in [3.63, 3.8) is 0 Å². The Bertz CT molecular complexity index is 625. The number of nitrogens with zero attached hydrogens (tertiary/aromatic N) is 2. The second kappa shape index (κ2) is 6.65. The minimum atomic E-state index is -0.321. The van der Waals surface area contributed by atoms with Gasteiger partial charge in [0.05, 0.1) is 19.1 Å². The third kappa shape index (κ3) is 3.30. The van der Waals surface area contributed by atoms with Crippen LogP contribution in [0.3, 0.4) is 0 Å². The molecule has 7 heteroatoms. The molecule has 1 N–H and O–H groups in total. The molecule has 0 unspecified atom stereocenters. The molecule has 0 bridgehead atoms. The number of nitrogens with one attached hydrogen (secondary N) is 1. The van der Waals surface area contributed by atoms with Gasteiger partial charge >= 0.3 is 12.1 Å². The first-order valence-electron chi connectivity index (χ1n) is 7.12. The van der Waals surface area contributed by atoms with E-state index in [1.165, 1.54) is 9.78 Å². The first-order chi connectivity index (χ1) is 10.7. The summed E-state index contributed by atoms with van der Waals surface area (Å²) in [5.41, 5.74) is 0.916. The molecule has 0 spiro atoms. The highest BCUT2D eigenvalue weighted by Gasteiger charge is 2.30. The number of carbonyl (C=O) groups is 2. The van der Waals surface area contributed by atoms with Crippen molar-refractivity contribution in [2.24, 2.45) is 0 Å². The van der Waals surface area contributed by atoms with E-state index < -0.39 is 0 Å². The van der Waals surface area contributed by atoms with Crippen LogP contribution in [0.25, 0.3) is 0 Å². The Morgan fingerprint density at radius 2 is 2.36 bits per heavy atom. The van der Waals surface area contributed by atoms with Crippen LogP contribution in [0.15, 0.2) is 40.5 Å². The Hall–Kier alpha value is -2.28. The highest BCUT2D eigenvalue weighted by atomic mass is 32.1. The predicted octanol–water partition coefficient (Wildman–Crippen LogP) is 2.53. The second-order valence-electron chi connectivity index (χ2n) is 5.05. The molecule has 3 heterocycles. The lowest BCUT2D eigenvalue weighted by Gasteiger charge is -2.25. The first-order valence-corrected chi connectivity index (χ1v) is 8.00. The van der Waals surface area contributed by atoms with E-state index in [9.17, 15) is 9.59 Å². The Labute approximate surface area is 132 Å². The van der Waals surface area contributed by atoms with Crippen molar-refractivity contribution < 1.29 is 14.0 Å². The number of thiophene rings is 1. The molecule has 3 rings (SSSR count). The molecule has 1 aliphatic heterocycles. The lowest BCUT2D eigenvalue weighted by Crippen LogP contribution is -2.45. The van der Waals surface area contributed by atoms with E-state index >= 15 is 0 Å². The van der Waals surface area contributed by atoms with Crippen LogP contribution in [0.4, 0.5) is 9.59 Å². The van der Waals surface area contributed by atoms with E-state index in [1.54, 1.807) is 28.8 Å². The van der Waals surface area contributed by atoms with E-state index in [1.807, 2.05) is 23.6 Å². The highest BCUT2D eigenvalue weighted by molar-refractivity contribution is 7.09. The van der Waals surface area contributed by atoms with Gasteiger partial charge in [0.25, 0.3) is 0 Å². The van der Waals surface area contributed by atoms with Crippen molar-refractivity contribution in [2.45, 2.75) is 13.0 Å². The summed E-state index contributed by atoms with van der Waals surface area (Å²) in [6.07, 6.45) is 3.98. The molecule has 1 aliphatic rings. The minimum Gasteiger partial charge on any atom is -0.472 e. The summed E-state index contributed by atoms with van der Waals surface area (Å²) in [5.74, 6) is 0. The molecule has 4 amide bonds. The van der Waals surface area contributed by atoms with Crippen molar-refractivity contribution >= 4 is 23.4 Å². The SMILES string of the molecule is O=C1NCCN1C(=O)N(CCc1cccs1)Cc1ccoc1. The fourth-order valence-corrected chi connectivity index (χ4v) is 3.07. The van der Waals surface area contributed by atoms with E-state index in [2.05, 4.69) is 5.32 Å². The van der Waals surface area contributed by atoms with Crippen LogP contribution in [-0.4, -0.2) is 41.5 Å². The van der Waals surface area contributed by atoms with Gasteiger partial charge in [-0.15, -0.1) is 11.3 Å². The number of urea groups is 2. The average molecular weight is 319 g/mol. The number of rotatable bonds is 5. The Morgan fingerprint density at radius 3 is 3.00 bits per heavy atom. The molecule has 0 atom stereocenters. The van der Waals surface area contributed by atoms with Gasteiger partial charge in [-0.05, 0) is 23.9 Å². The van der Waals surface area contributed by atoms with Crippen LogP contribution < -0.4 is 5.32 Å². The summed E-state index contributed by atoms with van der Waals surface area (Å²) >= 11 is 1.67. The van der Waals surface area contributed by atoms with Gasteiger partial charge in [-0.25, -0.2) is 14.5 Å². The highest BCUT2D eigenvalue weighted by Crippen LogP contribution is 2.14. The van der Waals surface area contributed by atoms with Crippen LogP contribution in [0.2, 0.25) is 0 Å². The first kappa shape index (κ1) is 14.6. The molecule has 0 aliphatic carbocycles. The van der Waals surface area contributed by atoms with Gasteiger partial charge in [0, 0.05) is 30.1 Å². The molecule has 0 saturated carbocycles. The van der Waals surface area contributed by atoms with Crippen LogP contribution in [0, 0.1) is 0 Å². The summed E-state index contributed by atoms with van der Waals surface area (Å²) in [7, 11) is 0. The Morgan fingerprint density at radius 1 is 1.45 bits per heavy atom. The fraction of sp³-hybridized carbons (Fsp3) is 0.333. The molecule has 1 fully saturated rings. The summed E-state index contributed by atoms with van der Waals surface area (Å²) in [6, 6.07) is 5.30. The van der Waals surface area contributed by atoms with Gasteiger partial charge in [0.15, 0.2) is 0 Å². The second-order valence-corrected chi connectivity index (χ2v) is 6.08. The average Bonchev–Trinajstić information content (AvgIpc) is 3.25. The summed E-state index contributed by atoms with van der Waals surface area (Å²) in [4.78, 5) is 28.5. The zero-order chi connectivity index (χ0) is 15.4. The number of hydrogen-bond donors (Lipinski definition) is 1. The summed E-state index contributed by atoms with van der Waals surface area (Å²) in [6.45, 7) is 1.92. The van der Waals surface area contributed by atoms with Gasteiger partial charge in [-0.2, -0.15) is 0 Å². The number of hydrogen-bond acceptors (Lipinski definition) is 4. The topological polar surface area (TPSA) is 65.8 Å². The van der Waals surface area contributed by atoms with Crippen molar-refractivity contribution in [3.8, 4) is 0 Å². The van der Waals surface area contributed by atoms with Gasteiger partial charge in [-0.1, -0.05) is 6.07 Å². The lowest BCUT2D eigenvalue weighted by atomic mass is 10.2. The van der Waals surface area contributed by atoms with Crippen LogP contribution >= 0.6 is 11.3 Å². The molecule has 1 saturated heterocycles. The maximum atomic E-state index is 12.6. The number of furan rings is 1. The normalized spacial score (nSPS) is 14.2. The van der Waals surface area contributed by atoms with E-state index in [0.29, 0.717) is 26.2 Å². The minimum absolute atomic E-state index is 0.257. The molecule has 116 valence electrons. The maximum absolute atomic E-state index is 12.6. The molecule has 0 aromatic carbocycles. The van der Waals surface area contributed by atoms with Crippen molar-refractivity contribution in [1.82, 2.24) is 15.1 Å². The fourth-order valence-electron chi connectivity index (χ4n) is 2.37. The zero-order valence-corrected chi connectivity index (χ0v) is 12.8. The molecule has 22 heavy (non-hydrogen) atoms. The molecular formula is C15H17N3O3S. The summed E-state index contributed by atoms with van der Waals surface area (Å²) in [5, 5.41) is 4.68. The standard InChI is InChI=1S/C15H17N3O3S/c19-14-16-5-7-18(14)15(20)17(10-12-4-8-21-11-12)6-3-13-2-1-9-22-13/h1-2,4,8-9,11H,3,5-7,10H2,(H,16,19). The largest absolute Gasteiger partial charge is 0.472 e. The van der Waals surface area contributed by atoms with Gasteiger partial charge in [0.1, 0.15) is 0 Å². The monoisotopic (exact) mass is 319 g/mol. The molecular weight excluding hydrogens is 302 g/mol. The third-order valence-corrected chi connectivity index (χ3v) is 4.46. The number of carbonyl (C=O) groups excluding carboxylic acids is 2. The third-order valence-electron chi connectivity index (χ3n) is 3.52. The molecule has 2 aromatic heterocycles. The van der Waals surface area contributed by atoms with Crippen molar-refractivity contribution in [3.05, 3.63) is 46.5 Å². The van der Waals surface area contributed by atoms with Crippen LogP contribution in [-0.2, 0) is 13.0 Å². The number of imide groups is 1. The van der Waals surface area contributed by atoms with E-state index in [4.69, 9.17) is 4.42 Å². The van der Waals surface area contributed by atoms with Gasteiger partial charge in [0.2, 0.25) is 0 Å². The quantitative estimate of drug-likeness (QED) is 0.921. The summed E-state index contributed by atoms with van der Waals surface area (Å²) < 4.78 is 5.06. The Balaban J connectivity index is 1.69. The predicted molar refractivity (Wildman–Crippen MR) is 82.6 cm³/mol. The van der Waals surface area contributed by atoms with Gasteiger partial charge < -0.3 is 14.6 Å². The van der Waals surface area contributed by atoms with E-state index in [0.717, 1.165) is 12.0 Å². The van der Waals surface area contributed by atoms with Crippen molar-refractivity contribution in [1.29, 1.82) is 0 Å².